The maximum atomic E-state index is 13.0. The highest BCUT2D eigenvalue weighted by Crippen LogP contribution is 2.50. The van der Waals surface area contributed by atoms with E-state index in [0.29, 0.717) is 30.1 Å². The lowest BCUT2D eigenvalue weighted by molar-refractivity contribution is -0.908. The number of esters is 1. The summed E-state index contributed by atoms with van der Waals surface area (Å²) in [4.78, 5) is 14.1. The lowest BCUT2D eigenvalue weighted by atomic mass is 9.86. The van der Waals surface area contributed by atoms with Crippen LogP contribution in [0.3, 0.4) is 0 Å². The SMILES string of the molecule is COc1c2c(cc3c1[C@@H](C1=C(O)OC4(CCCC4)OC1=O)[NH+](C)CC3)OCO2. The number of fused-ring (bicyclic) bond motifs is 2. The second kappa shape index (κ2) is 6.20. The van der Waals surface area contributed by atoms with E-state index < -0.39 is 17.8 Å². The average Bonchev–Trinajstić information content (AvgIpc) is 3.30. The van der Waals surface area contributed by atoms with Crippen LogP contribution < -0.4 is 19.1 Å². The van der Waals surface area contributed by atoms with Gasteiger partial charge in [0.1, 0.15) is 0 Å². The molecule has 2 N–H and O–H groups in total. The van der Waals surface area contributed by atoms with Gasteiger partial charge in [0, 0.05) is 19.3 Å². The number of aliphatic hydroxyl groups is 1. The van der Waals surface area contributed by atoms with Gasteiger partial charge in [-0.3, -0.25) is 0 Å². The summed E-state index contributed by atoms with van der Waals surface area (Å²) in [6.07, 6.45) is 3.80. The first-order valence-electron chi connectivity index (χ1n) is 9.70. The van der Waals surface area contributed by atoms with E-state index in [-0.39, 0.29) is 18.3 Å². The topological polar surface area (TPSA) is 87.9 Å². The molecule has 28 heavy (non-hydrogen) atoms. The van der Waals surface area contributed by atoms with Crippen molar-refractivity contribution in [1.82, 2.24) is 0 Å². The van der Waals surface area contributed by atoms with Gasteiger partial charge in [0.05, 0.1) is 26.3 Å². The molecule has 8 heteroatoms. The van der Waals surface area contributed by atoms with Crippen molar-refractivity contribution in [3.63, 3.8) is 0 Å². The van der Waals surface area contributed by atoms with Gasteiger partial charge in [0.25, 0.3) is 11.7 Å². The number of likely N-dealkylation sites (N-methyl/N-ethyl adjacent to an activating group) is 1. The van der Waals surface area contributed by atoms with Crippen LogP contribution in [0.2, 0.25) is 0 Å². The van der Waals surface area contributed by atoms with Crippen LogP contribution in [-0.2, 0) is 20.7 Å². The molecule has 0 radical (unpaired) electrons. The Morgan fingerprint density at radius 2 is 2.04 bits per heavy atom. The molecule has 3 heterocycles. The van der Waals surface area contributed by atoms with Crippen LogP contribution in [0.5, 0.6) is 17.2 Å². The largest absolute Gasteiger partial charge is 0.492 e. The average molecular weight is 390 g/mol. The second-order valence-corrected chi connectivity index (χ2v) is 7.82. The highest BCUT2D eigenvalue weighted by Gasteiger charge is 2.51. The molecular weight excluding hydrogens is 366 g/mol. The third-order valence-electron chi connectivity index (χ3n) is 6.18. The molecule has 1 fully saturated rings. The number of nitrogens with one attached hydrogen (secondary N) is 1. The molecule has 0 aromatic heterocycles. The molecule has 5 rings (SSSR count). The molecule has 1 spiro atoms. The molecule has 2 atom stereocenters. The van der Waals surface area contributed by atoms with Crippen molar-refractivity contribution < 1.29 is 38.5 Å². The van der Waals surface area contributed by atoms with Crippen molar-refractivity contribution in [1.29, 1.82) is 0 Å². The van der Waals surface area contributed by atoms with E-state index in [9.17, 15) is 9.90 Å². The number of hydrogen-bond acceptors (Lipinski definition) is 7. The Morgan fingerprint density at radius 1 is 1.25 bits per heavy atom. The van der Waals surface area contributed by atoms with Gasteiger partial charge in [0.2, 0.25) is 12.5 Å². The van der Waals surface area contributed by atoms with Crippen LogP contribution in [0.15, 0.2) is 17.6 Å². The third kappa shape index (κ3) is 2.44. The molecule has 0 amide bonds. The van der Waals surface area contributed by atoms with Crippen molar-refractivity contribution in [2.45, 2.75) is 43.9 Å². The molecule has 0 bridgehead atoms. The molecule has 0 saturated heterocycles. The molecule has 1 saturated carbocycles. The summed E-state index contributed by atoms with van der Waals surface area (Å²) in [5.74, 6) is -0.187. The zero-order valence-corrected chi connectivity index (χ0v) is 16.0. The molecule has 8 nitrogen and oxygen atoms in total. The van der Waals surface area contributed by atoms with E-state index in [1.54, 1.807) is 7.11 Å². The van der Waals surface area contributed by atoms with Gasteiger partial charge in [0.15, 0.2) is 23.1 Å². The van der Waals surface area contributed by atoms with E-state index >= 15 is 0 Å². The Bertz CT molecular complexity index is 872. The van der Waals surface area contributed by atoms with Gasteiger partial charge in [-0.1, -0.05) is 0 Å². The van der Waals surface area contributed by atoms with Gasteiger partial charge in [-0.2, -0.15) is 0 Å². The number of benzene rings is 1. The van der Waals surface area contributed by atoms with E-state index in [1.165, 1.54) is 0 Å². The maximum Gasteiger partial charge on any atom is 0.351 e. The van der Waals surface area contributed by atoms with E-state index in [0.717, 1.165) is 41.8 Å². The minimum Gasteiger partial charge on any atom is -0.492 e. The Hall–Kier alpha value is -2.61. The monoisotopic (exact) mass is 390 g/mol. The summed E-state index contributed by atoms with van der Waals surface area (Å²) in [5, 5.41) is 10.8. The summed E-state index contributed by atoms with van der Waals surface area (Å²) in [7, 11) is 3.54. The molecule has 1 aromatic rings. The lowest BCUT2D eigenvalue weighted by Crippen LogP contribution is -3.10. The number of ether oxygens (including phenoxy) is 5. The Kier molecular flexibility index (Phi) is 3.87. The third-order valence-corrected chi connectivity index (χ3v) is 6.18. The summed E-state index contributed by atoms with van der Waals surface area (Å²) >= 11 is 0. The highest BCUT2D eigenvalue weighted by atomic mass is 16.8. The fraction of sp³-hybridized carbons (Fsp3) is 0.550. The first-order valence-corrected chi connectivity index (χ1v) is 9.70. The predicted octanol–water partition coefficient (Wildman–Crippen LogP) is 1.15. The van der Waals surface area contributed by atoms with Gasteiger partial charge in [-0.05, 0) is 24.5 Å². The maximum absolute atomic E-state index is 13.0. The lowest BCUT2D eigenvalue weighted by Gasteiger charge is -2.38. The van der Waals surface area contributed by atoms with Crippen molar-refractivity contribution in [3.8, 4) is 17.2 Å². The number of rotatable bonds is 2. The molecule has 1 unspecified atom stereocenters. The zero-order chi connectivity index (χ0) is 19.5. The van der Waals surface area contributed by atoms with Crippen molar-refractivity contribution >= 4 is 5.97 Å². The first kappa shape index (κ1) is 17.5. The molecule has 4 aliphatic rings. The number of carbonyl (C=O) groups excluding carboxylic acids is 1. The number of hydrogen-bond donors (Lipinski definition) is 2. The van der Waals surface area contributed by atoms with Crippen LogP contribution in [0.1, 0.15) is 42.9 Å². The van der Waals surface area contributed by atoms with Crippen LogP contribution in [0.25, 0.3) is 0 Å². The van der Waals surface area contributed by atoms with E-state index in [4.69, 9.17) is 23.7 Å². The standard InChI is InChI=1S/C20H23NO7/c1-21-8-5-11-9-12-16(26-10-25-12)17(24-2)13(11)15(21)14-18(22)27-20(28-19(14)23)6-3-4-7-20/h9,15,22H,3-8,10H2,1-2H3/p+1/t15-/m0/s1. The van der Waals surface area contributed by atoms with Crippen LogP contribution >= 0.6 is 0 Å². The van der Waals surface area contributed by atoms with Crippen molar-refractivity contribution in [2.24, 2.45) is 0 Å². The smallest absolute Gasteiger partial charge is 0.351 e. The molecule has 1 aliphatic carbocycles. The van der Waals surface area contributed by atoms with Gasteiger partial charge in [-0.25, -0.2) is 4.79 Å². The van der Waals surface area contributed by atoms with Gasteiger partial charge in [-0.15, -0.1) is 0 Å². The summed E-state index contributed by atoms with van der Waals surface area (Å²) in [6.45, 7) is 0.902. The van der Waals surface area contributed by atoms with E-state index in [1.807, 2.05) is 13.1 Å². The van der Waals surface area contributed by atoms with Crippen LogP contribution in [-0.4, -0.2) is 44.4 Å². The first-order chi connectivity index (χ1) is 13.5. The summed E-state index contributed by atoms with van der Waals surface area (Å²) in [5.41, 5.74) is 1.94. The zero-order valence-electron chi connectivity index (χ0n) is 16.0. The number of methoxy groups -OCH3 is 1. The quantitative estimate of drug-likeness (QED) is 0.733. The van der Waals surface area contributed by atoms with Crippen molar-refractivity contribution in [2.75, 3.05) is 27.5 Å². The van der Waals surface area contributed by atoms with Gasteiger partial charge < -0.3 is 33.7 Å². The van der Waals surface area contributed by atoms with Crippen molar-refractivity contribution in [3.05, 3.63) is 28.7 Å². The minimum absolute atomic E-state index is 0.129. The number of quaternary nitrogens is 1. The second-order valence-electron chi connectivity index (χ2n) is 7.82. The predicted molar refractivity (Wildman–Crippen MR) is 95.3 cm³/mol. The number of aliphatic hydroxyl groups excluding tert-OH is 1. The minimum atomic E-state index is -1.02. The van der Waals surface area contributed by atoms with Crippen LogP contribution in [0, 0.1) is 0 Å². The molecular formula is C20H24NO7+. The Balaban J connectivity index is 1.64. The highest BCUT2D eigenvalue weighted by molar-refractivity contribution is 5.91. The molecule has 150 valence electrons. The normalized spacial score (nSPS) is 27.4. The number of carbonyl (C=O) groups is 1. The fourth-order valence-electron chi connectivity index (χ4n) is 4.84. The van der Waals surface area contributed by atoms with Gasteiger partial charge >= 0.3 is 5.97 Å². The fourth-order valence-corrected chi connectivity index (χ4v) is 4.84. The molecule has 3 aliphatic heterocycles. The van der Waals surface area contributed by atoms with E-state index in [2.05, 4.69) is 0 Å². The Morgan fingerprint density at radius 3 is 2.75 bits per heavy atom. The summed E-state index contributed by atoms with van der Waals surface area (Å²) in [6, 6.07) is 1.45. The Labute approximate surface area is 162 Å². The van der Waals surface area contributed by atoms with Crippen LogP contribution in [0.4, 0.5) is 0 Å². The summed E-state index contributed by atoms with van der Waals surface area (Å²) < 4.78 is 28.3. The molecule has 1 aromatic carbocycles.